The van der Waals surface area contributed by atoms with Crippen molar-refractivity contribution >= 4 is 22.9 Å². The van der Waals surface area contributed by atoms with E-state index in [1.165, 1.54) is 6.92 Å². The van der Waals surface area contributed by atoms with E-state index in [1.54, 1.807) is 24.3 Å². The van der Waals surface area contributed by atoms with Crippen molar-refractivity contribution in [2.45, 2.75) is 58.2 Å². The molecule has 1 aromatic carbocycles. The van der Waals surface area contributed by atoms with Crippen molar-refractivity contribution in [2.24, 2.45) is 5.92 Å². The number of carbonyl (C=O) groups excluding carboxylic acids is 2. The highest BCUT2D eigenvalue weighted by atomic mass is 16.8. The third kappa shape index (κ3) is 3.60. The van der Waals surface area contributed by atoms with Crippen molar-refractivity contribution in [2.75, 3.05) is 0 Å². The van der Waals surface area contributed by atoms with Crippen LogP contribution in [0.3, 0.4) is 0 Å². The monoisotopic (exact) mass is 402 g/mol. The summed E-state index contributed by atoms with van der Waals surface area (Å²) in [6.45, 7) is 7.14. The van der Waals surface area contributed by atoms with E-state index in [-0.39, 0.29) is 18.1 Å². The van der Waals surface area contributed by atoms with Crippen molar-refractivity contribution in [3.63, 3.8) is 0 Å². The van der Waals surface area contributed by atoms with Gasteiger partial charge in [0.15, 0.2) is 6.10 Å². The number of carbonyl (C=O) groups is 2. The van der Waals surface area contributed by atoms with Gasteiger partial charge in [0.2, 0.25) is 12.4 Å². The van der Waals surface area contributed by atoms with Crippen LogP contribution in [0.4, 0.5) is 4.79 Å². The lowest BCUT2D eigenvalue weighted by Gasteiger charge is -2.44. The van der Waals surface area contributed by atoms with Gasteiger partial charge in [0.1, 0.15) is 17.1 Å². The van der Waals surface area contributed by atoms with Crippen LogP contribution >= 0.6 is 0 Å². The normalized spacial score (nSPS) is 27.8. The second-order valence-corrected chi connectivity index (χ2v) is 8.05. The number of hydrogen-bond donors (Lipinski definition) is 0. The molecule has 0 N–H and O–H groups in total. The lowest BCUT2D eigenvalue weighted by Crippen LogP contribution is -2.58. The minimum atomic E-state index is -0.876. The Hall–Kier alpha value is -2.87. The molecule has 0 spiro atoms. The van der Waals surface area contributed by atoms with Gasteiger partial charge in [-0.2, -0.15) is 0 Å². The van der Waals surface area contributed by atoms with Crippen LogP contribution in [0.5, 0.6) is 5.75 Å². The van der Waals surface area contributed by atoms with E-state index >= 15 is 0 Å². The maximum absolute atomic E-state index is 12.1. The number of fused-ring (bicyclic) bond motifs is 2. The van der Waals surface area contributed by atoms with Gasteiger partial charge in [0.25, 0.3) is 0 Å². The molecule has 4 rings (SSSR count). The topological polar surface area (TPSA) is 101 Å². The van der Waals surface area contributed by atoms with Gasteiger partial charge in [0.05, 0.1) is 5.60 Å². The molecule has 1 unspecified atom stereocenters. The molecule has 0 bridgehead atoms. The quantitative estimate of drug-likeness (QED) is 0.568. The molecule has 154 valence electrons. The lowest BCUT2D eigenvalue weighted by atomic mass is 9.82. The first kappa shape index (κ1) is 19.4. The summed E-state index contributed by atoms with van der Waals surface area (Å²) in [6, 6.07) is 6.62. The minimum Gasteiger partial charge on any atom is -0.461 e. The first-order chi connectivity index (χ1) is 13.6. The second kappa shape index (κ2) is 6.88. The highest BCUT2D eigenvalue weighted by molar-refractivity contribution is 5.82. The fourth-order valence-corrected chi connectivity index (χ4v) is 3.67. The molecule has 2 aliphatic heterocycles. The number of hydrogen-bond acceptors (Lipinski definition) is 8. The second-order valence-electron chi connectivity index (χ2n) is 8.05. The SMILES string of the molecule is CC(=O)Cc1cc2ccc(OC3OC(C)(C)[C@H](C)[C@@H]4OC(=O)O[C@H]34)cc2oc1=O. The first-order valence-electron chi connectivity index (χ1n) is 9.42. The van der Waals surface area contributed by atoms with Crippen LogP contribution in [0, 0.1) is 5.92 Å². The van der Waals surface area contributed by atoms with Gasteiger partial charge >= 0.3 is 11.8 Å². The summed E-state index contributed by atoms with van der Waals surface area (Å²) in [5, 5.41) is 0.667. The molecular weight excluding hydrogens is 380 g/mol. The van der Waals surface area contributed by atoms with Gasteiger partial charge in [0, 0.05) is 29.4 Å². The smallest absolute Gasteiger partial charge is 0.461 e. The van der Waals surface area contributed by atoms with Gasteiger partial charge in [-0.3, -0.25) is 4.79 Å². The summed E-state index contributed by atoms with van der Waals surface area (Å²) >= 11 is 0. The molecule has 0 aliphatic carbocycles. The summed E-state index contributed by atoms with van der Waals surface area (Å²) in [5.74, 6) is 0.177. The summed E-state index contributed by atoms with van der Waals surface area (Å²) in [6.07, 6.45) is -2.79. The number of Topliss-reactive ketones (excluding diaryl/α,β-unsaturated/α-hetero) is 1. The predicted octanol–water partition coefficient (Wildman–Crippen LogP) is 2.98. The Morgan fingerprint density at radius 1 is 1.14 bits per heavy atom. The van der Waals surface area contributed by atoms with Gasteiger partial charge < -0.3 is 23.4 Å². The maximum Gasteiger partial charge on any atom is 0.509 e. The molecule has 0 amide bonds. The Labute approximate surface area is 166 Å². The Balaban J connectivity index is 1.62. The summed E-state index contributed by atoms with van der Waals surface area (Å²) < 4.78 is 27.9. The molecule has 2 saturated heterocycles. The summed E-state index contributed by atoms with van der Waals surface area (Å²) in [7, 11) is 0. The highest BCUT2D eigenvalue weighted by Crippen LogP contribution is 2.40. The van der Waals surface area contributed by atoms with E-state index in [9.17, 15) is 14.4 Å². The average Bonchev–Trinajstić information content (AvgIpc) is 3.02. The van der Waals surface area contributed by atoms with Gasteiger partial charge in [-0.25, -0.2) is 9.59 Å². The van der Waals surface area contributed by atoms with Crippen LogP contribution < -0.4 is 10.4 Å². The van der Waals surface area contributed by atoms with E-state index in [1.807, 2.05) is 20.8 Å². The van der Waals surface area contributed by atoms with Crippen molar-refractivity contribution in [1.29, 1.82) is 0 Å². The Morgan fingerprint density at radius 2 is 1.86 bits per heavy atom. The van der Waals surface area contributed by atoms with E-state index in [4.69, 9.17) is 23.4 Å². The van der Waals surface area contributed by atoms with Crippen LogP contribution in [0.25, 0.3) is 11.0 Å². The standard InChI is InChI=1S/C21H22O8/c1-10(22)7-13-8-12-5-6-14(9-15(12)26-18(13)23)25-19-17-16(27-20(24)28-17)11(2)21(3,4)29-19/h5-6,8-9,11,16-17,19H,7H2,1-4H3/t11-,16+,17+,19?/m1/s1. The van der Waals surface area contributed by atoms with Crippen LogP contribution in [-0.4, -0.2) is 36.0 Å². The molecule has 0 saturated carbocycles. The summed E-state index contributed by atoms with van der Waals surface area (Å²) in [5.41, 5.74) is -0.542. The molecule has 8 heteroatoms. The third-order valence-electron chi connectivity index (χ3n) is 5.54. The maximum atomic E-state index is 12.1. The largest absolute Gasteiger partial charge is 0.509 e. The summed E-state index contributed by atoms with van der Waals surface area (Å²) in [4.78, 5) is 35.1. The van der Waals surface area contributed by atoms with Crippen molar-refractivity contribution < 1.29 is 33.0 Å². The molecule has 0 radical (unpaired) electrons. The zero-order valence-electron chi connectivity index (χ0n) is 16.6. The van der Waals surface area contributed by atoms with Crippen LogP contribution in [0.15, 0.2) is 33.5 Å². The van der Waals surface area contributed by atoms with Crippen molar-refractivity contribution in [1.82, 2.24) is 0 Å². The average molecular weight is 402 g/mol. The Kier molecular flexibility index (Phi) is 4.61. The first-order valence-corrected chi connectivity index (χ1v) is 9.42. The van der Waals surface area contributed by atoms with Gasteiger partial charge in [-0.15, -0.1) is 0 Å². The third-order valence-corrected chi connectivity index (χ3v) is 5.54. The molecular formula is C21H22O8. The molecule has 2 aliphatic rings. The predicted molar refractivity (Wildman–Crippen MR) is 101 cm³/mol. The Bertz CT molecular complexity index is 1040. The van der Waals surface area contributed by atoms with Gasteiger partial charge in [-0.1, -0.05) is 6.92 Å². The van der Waals surface area contributed by atoms with E-state index < -0.39 is 35.9 Å². The van der Waals surface area contributed by atoms with Crippen molar-refractivity contribution in [3.05, 3.63) is 40.2 Å². The molecule has 8 nitrogen and oxygen atoms in total. The highest BCUT2D eigenvalue weighted by Gasteiger charge is 2.56. The van der Waals surface area contributed by atoms with Crippen LogP contribution in [0.2, 0.25) is 0 Å². The zero-order valence-corrected chi connectivity index (χ0v) is 16.6. The fourth-order valence-electron chi connectivity index (χ4n) is 3.67. The van der Waals surface area contributed by atoms with Crippen molar-refractivity contribution in [3.8, 4) is 5.75 Å². The van der Waals surface area contributed by atoms with Crippen LogP contribution in [-0.2, 0) is 25.4 Å². The minimum absolute atomic E-state index is 0.0220. The molecule has 29 heavy (non-hydrogen) atoms. The van der Waals surface area contributed by atoms with Crippen LogP contribution in [0.1, 0.15) is 33.3 Å². The number of ketones is 1. The molecule has 4 atom stereocenters. The number of rotatable bonds is 4. The number of benzene rings is 1. The lowest BCUT2D eigenvalue weighted by molar-refractivity contribution is -0.260. The van der Waals surface area contributed by atoms with E-state index in [2.05, 4.69) is 0 Å². The molecule has 1 aromatic heterocycles. The van der Waals surface area contributed by atoms with Gasteiger partial charge in [-0.05, 0) is 39.0 Å². The fraction of sp³-hybridized carbons (Fsp3) is 0.476. The number of ether oxygens (including phenoxy) is 4. The van der Waals surface area contributed by atoms with E-state index in [0.29, 0.717) is 22.3 Å². The molecule has 3 heterocycles. The Morgan fingerprint density at radius 3 is 2.59 bits per heavy atom. The zero-order chi connectivity index (χ0) is 20.9. The molecule has 2 aromatic rings. The van der Waals surface area contributed by atoms with E-state index in [0.717, 1.165) is 0 Å². The molecule has 2 fully saturated rings.